The summed E-state index contributed by atoms with van der Waals surface area (Å²) in [7, 11) is 0. The fourth-order valence-electron chi connectivity index (χ4n) is 2.19. The molecule has 0 atom stereocenters. The van der Waals surface area contributed by atoms with Crippen LogP contribution in [0.15, 0.2) is 42.5 Å². The predicted octanol–water partition coefficient (Wildman–Crippen LogP) is 3.42. The van der Waals surface area contributed by atoms with Crippen LogP contribution in [0.1, 0.15) is 31.1 Å². The summed E-state index contributed by atoms with van der Waals surface area (Å²) in [6.45, 7) is 4.75. The van der Waals surface area contributed by atoms with Crippen molar-refractivity contribution in [2.45, 2.75) is 26.4 Å². The van der Waals surface area contributed by atoms with Crippen molar-refractivity contribution in [3.8, 4) is 0 Å². The molecule has 0 saturated heterocycles. The number of hydrogen-bond donors (Lipinski definition) is 0. The SMILES string of the molecule is CC(C)(C)OC(=O)N(CC=O)C(=O)c1cccc2ccccc12. The summed E-state index contributed by atoms with van der Waals surface area (Å²) in [5, 5.41) is 1.60. The van der Waals surface area contributed by atoms with E-state index in [1.165, 1.54) is 0 Å². The standard InChI is InChI=1S/C18H19NO4/c1-18(2,3)23-17(22)19(11-12-20)16(21)15-10-6-8-13-7-4-5-9-14(13)15/h4-10,12H,11H2,1-3H3. The Bertz CT molecular complexity index is 741. The highest BCUT2D eigenvalue weighted by Crippen LogP contribution is 2.21. The molecule has 0 radical (unpaired) electrons. The predicted molar refractivity (Wildman–Crippen MR) is 87.3 cm³/mol. The lowest BCUT2D eigenvalue weighted by Crippen LogP contribution is -2.42. The fourth-order valence-corrected chi connectivity index (χ4v) is 2.19. The summed E-state index contributed by atoms with van der Waals surface area (Å²) in [5.41, 5.74) is -0.395. The van der Waals surface area contributed by atoms with Crippen LogP contribution in [0.2, 0.25) is 0 Å². The quantitative estimate of drug-likeness (QED) is 0.815. The fraction of sp³-hybridized carbons (Fsp3) is 0.278. The number of ether oxygens (including phenoxy) is 1. The molecule has 0 aliphatic rings. The summed E-state index contributed by atoms with van der Waals surface area (Å²) in [5.74, 6) is -0.553. The maximum atomic E-state index is 12.7. The van der Waals surface area contributed by atoms with E-state index in [-0.39, 0.29) is 6.54 Å². The minimum absolute atomic E-state index is 0.350. The van der Waals surface area contributed by atoms with Crippen LogP contribution in [0, 0.1) is 0 Å². The van der Waals surface area contributed by atoms with Crippen molar-refractivity contribution in [1.82, 2.24) is 4.90 Å². The summed E-state index contributed by atoms with van der Waals surface area (Å²) in [6, 6.07) is 12.6. The van der Waals surface area contributed by atoms with Gasteiger partial charge in [0.2, 0.25) is 0 Å². The van der Waals surface area contributed by atoms with Crippen molar-refractivity contribution in [3.05, 3.63) is 48.0 Å². The summed E-state index contributed by atoms with van der Waals surface area (Å²) >= 11 is 0. The van der Waals surface area contributed by atoms with Gasteiger partial charge in [-0.1, -0.05) is 36.4 Å². The number of rotatable bonds is 3. The molecule has 120 valence electrons. The zero-order valence-corrected chi connectivity index (χ0v) is 13.4. The number of imide groups is 1. The molecule has 2 amide bonds. The molecule has 0 N–H and O–H groups in total. The summed E-state index contributed by atoms with van der Waals surface area (Å²) in [4.78, 5) is 36.7. The van der Waals surface area contributed by atoms with Gasteiger partial charge in [-0.3, -0.25) is 4.79 Å². The first-order valence-electron chi connectivity index (χ1n) is 7.30. The lowest BCUT2D eigenvalue weighted by molar-refractivity contribution is -0.108. The molecule has 2 aromatic carbocycles. The van der Waals surface area contributed by atoms with E-state index >= 15 is 0 Å². The van der Waals surface area contributed by atoms with Crippen molar-refractivity contribution in [2.24, 2.45) is 0 Å². The third-order valence-electron chi connectivity index (χ3n) is 3.14. The van der Waals surface area contributed by atoms with E-state index in [1.54, 1.807) is 39.0 Å². The van der Waals surface area contributed by atoms with E-state index < -0.39 is 17.6 Å². The molecule has 0 saturated carbocycles. The number of hydrogen-bond acceptors (Lipinski definition) is 4. The van der Waals surface area contributed by atoms with Gasteiger partial charge in [0, 0.05) is 5.56 Å². The van der Waals surface area contributed by atoms with Crippen molar-refractivity contribution in [1.29, 1.82) is 0 Å². The topological polar surface area (TPSA) is 63.7 Å². The molecular formula is C18H19NO4. The lowest BCUT2D eigenvalue weighted by atomic mass is 10.0. The van der Waals surface area contributed by atoms with Crippen LogP contribution in [0.25, 0.3) is 10.8 Å². The Kier molecular flexibility index (Phi) is 4.79. The Labute approximate surface area is 134 Å². The second-order valence-corrected chi connectivity index (χ2v) is 6.09. The molecule has 2 aromatic rings. The van der Waals surface area contributed by atoms with Crippen LogP contribution in [-0.4, -0.2) is 35.3 Å². The van der Waals surface area contributed by atoms with E-state index in [9.17, 15) is 14.4 Å². The van der Waals surface area contributed by atoms with E-state index in [2.05, 4.69) is 0 Å². The molecule has 5 heteroatoms. The van der Waals surface area contributed by atoms with Gasteiger partial charge in [0.25, 0.3) is 5.91 Å². The first-order valence-corrected chi connectivity index (χ1v) is 7.30. The number of aldehydes is 1. The number of carbonyl (C=O) groups is 3. The third-order valence-corrected chi connectivity index (χ3v) is 3.14. The Morgan fingerprint density at radius 3 is 2.39 bits per heavy atom. The van der Waals surface area contributed by atoms with Gasteiger partial charge in [-0.2, -0.15) is 0 Å². The average Bonchev–Trinajstić information content (AvgIpc) is 2.49. The van der Waals surface area contributed by atoms with Crippen molar-refractivity contribution < 1.29 is 19.1 Å². The van der Waals surface area contributed by atoms with Crippen LogP contribution in [-0.2, 0) is 9.53 Å². The molecule has 0 aliphatic heterocycles. The average molecular weight is 313 g/mol. The summed E-state index contributed by atoms with van der Waals surface area (Å²) in [6.07, 6.45) is -0.324. The van der Waals surface area contributed by atoms with Crippen LogP contribution < -0.4 is 0 Å². The Hall–Kier alpha value is -2.69. The van der Waals surface area contributed by atoms with Crippen LogP contribution >= 0.6 is 0 Å². The van der Waals surface area contributed by atoms with Gasteiger partial charge >= 0.3 is 6.09 Å². The molecule has 5 nitrogen and oxygen atoms in total. The molecule has 0 bridgehead atoms. The maximum Gasteiger partial charge on any atom is 0.417 e. The van der Waals surface area contributed by atoms with Gasteiger partial charge in [-0.25, -0.2) is 9.69 Å². The van der Waals surface area contributed by atoms with Gasteiger partial charge < -0.3 is 9.53 Å². The van der Waals surface area contributed by atoms with Crippen LogP contribution in [0.3, 0.4) is 0 Å². The van der Waals surface area contributed by atoms with Gasteiger partial charge in [-0.05, 0) is 37.6 Å². The van der Waals surface area contributed by atoms with Crippen LogP contribution in [0.4, 0.5) is 4.79 Å². The maximum absolute atomic E-state index is 12.7. The highest BCUT2D eigenvalue weighted by atomic mass is 16.6. The number of fused-ring (bicyclic) bond motifs is 1. The van der Waals surface area contributed by atoms with Crippen molar-refractivity contribution in [2.75, 3.05) is 6.54 Å². The zero-order valence-electron chi connectivity index (χ0n) is 13.4. The molecule has 2 rings (SSSR count). The number of nitrogens with zero attached hydrogens (tertiary/aromatic N) is 1. The first kappa shape index (κ1) is 16.7. The molecule has 0 spiro atoms. The van der Waals surface area contributed by atoms with Gasteiger partial charge in [0.05, 0.1) is 6.54 Å². The van der Waals surface area contributed by atoms with Gasteiger partial charge in [0.1, 0.15) is 11.9 Å². The highest BCUT2D eigenvalue weighted by Gasteiger charge is 2.28. The second kappa shape index (κ2) is 6.60. The van der Waals surface area contributed by atoms with E-state index in [4.69, 9.17) is 4.74 Å². The molecule has 0 aliphatic carbocycles. The highest BCUT2D eigenvalue weighted by molar-refractivity contribution is 6.11. The van der Waals surface area contributed by atoms with Gasteiger partial charge in [0.15, 0.2) is 0 Å². The lowest BCUT2D eigenvalue weighted by Gasteiger charge is -2.25. The Morgan fingerprint density at radius 2 is 1.74 bits per heavy atom. The van der Waals surface area contributed by atoms with E-state index in [0.717, 1.165) is 15.7 Å². The van der Waals surface area contributed by atoms with Crippen molar-refractivity contribution >= 4 is 29.1 Å². The number of amides is 2. The Balaban J connectivity index is 2.40. The second-order valence-electron chi connectivity index (χ2n) is 6.09. The van der Waals surface area contributed by atoms with Crippen LogP contribution in [0.5, 0.6) is 0 Å². The van der Waals surface area contributed by atoms with Crippen molar-refractivity contribution in [3.63, 3.8) is 0 Å². The normalized spacial score (nSPS) is 11.1. The molecule has 0 heterocycles. The first-order chi connectivity index (χ1) is 10.8. The smallest absolute Gasteiger partial charge is 0.417 e. The molecule has 0 unspecified atom stereocenters. The van der Waals surface area contributed by atoms with E-state index in [0.29, 0.717) is 11.8 Å². The minimum Gasteiger partial charge on any atom is -0.443 e. The number of carbonyl (C=O) groups excluding carboxylic acids is 3. The molecule has 23 heavy (non-hydrogen) atoms. The third kappa shape index (κ3) is 3.94. The number of benzene rings is 2. The summed E-state index contributed by atoms with van der Waals surface area (Å²) < 4.78 is 5.21. The molecule has 0 aromatic heterocycles. The molecule has 0 fully saturated rings. The van der Waals surface area contributed by atoms with E-state index in [1.807, 2.05) is 24.3 Å². The largest absolute Gasteiger partial charge is 0.443 e. The van der Waals surface area contributed by atoms with Gasteiger partial charge in [-0.15, -0.1) is 0 Å². The zero-order chi connectivity index (χ0) is 17.0. The Morgan fingerprint density at radius 1 is 1.09 bits per heavy atom. The molecular weight excluding hydrogens is 294 g/mol. The minimum atomic E-state index is -0.831. The monoisotopic (exact) mass is 313 g/mol.